The van der Waals surface area contributed by atoms with Gasteiger partial charge in [0, 0.05) is 44.2 Å². The molecule has 1 saturated carbocycles. The van der Waals surface area contributed by atoms with E-state index in [4.69, 9.17) is 9.72 Å². The molecular formula is C22H33ClN4O3. The van der Waals surface area contributed by atoms with Crippen molar-refractivity contribution in [3.63, 3.8) is 0 Å². The zero-order chi connectivity index (χ0) is 20.2. The van der Waals surface area contributed by atoms with E-state index in [1.54, 1.807) is 0 Å². The fraction of sp³-hybridized carbons (Fsp3) is 0.682. The smallest absolute Gasteiger partial charge is 0.326 e. The minimum absolute atomic E-state index is 0. The number of carbonyl (C=O) groups excluding carboxylic acids is 2. The van der Waals surface area contributed by atoms with Crippen molar-refractivity contribution < 1.29 is 14.3 Å². The first-order valence-corrected chi connectivity index (χ1v) is 11.0. The van der Waals surface area contributed by atoms with Gasteiger partial charge in [-0.2, -0.15) is 0 Å². The van der Waals surface area contributed by atoms with Gasteiger partial charge in [-0.25, -0.2) is 9.78 Å². The number of aromatic nitrogens is 1. The Morgan fingerprint density at radius 3 is 2.70 bits per heavy atom. The second-order valence-electron chi connectivity index (χ2n) is 8.44. The van der Waals surface area contributed by atoms with Crippen molar-refractivity contribution in [2.75, 3.05) is 38.2 Å². The van der Waals surface area contributed by atoms with Crippen LogP contribution in [-0.4, -0.2) is 61.2 Å². The van der Waals surface area contributed by atoms with E-state index in [9.17, 15) is 9.59 Å². The third kappa shape index (κ3) is 5.06. The minimum atomic E-state index is -0.124. The van der Waals surface area contributed by atoms with Gasteiger partial charge < -0.3 is 15.0 Å². The molecule has 1 aliphatic carbocycles. The van der Waals surface area contributed by atoms with Crippen LogP contribution in [0, 0.1) is 5.92 Å². The number of hydrogen-bond acceptors (Lipinski definition) is 5. The van der Waals surface area contributed by atoms with Gasteiger partial charge >= 0.3 is 12.0 Å². The first-order valence-electron chi connectivity index (χ1n) is 11.0. The summed E-state index contributed by atoms with van der Waals surface area (Å²) in [4.78, 5) is 33.2. The van der Waals surface area contributed by atoms with E-state index in [0.717, 1.165) is 76.1 Å². The number of nitrogens with one attached hydrogen (secondary N) is 1. The number of hydrogen-bond donors (Lipinski definition) is 1. The number of pyridine rings is 1. The van der Waals surface area contributed by atoms with Crippen LogP contribution in [0.1, 0.15) is 49.8 Å². The second kappa shape index (κ2) is 10.4. The lowest BCUT2D eigenvalue weighted by Gasteiger charge is -2.34. The zero-order valence-corrected chi connectivity index (χ0v) is 18.6. The van der Waals surface area contributed by atoms with Crippen LogP contribution in [0.4, 0.5) is 10.6 Å². The Hall–Kier alpha value is -1.86. The van der Waals surface area contributed by atoms with E-state index in [0.29, 0.717) is 24.9 Å². The van der Waals surface area contributed by atoms with E-state index in [1.165, 1.54) is 12.7 Å². The number of methoxy groups -OCH3 is 1. The molecule has 0 aromatic carbocycles. The lowest BCUT2D eigenvalue weighted by atomic mass is 9.83. The molecule has 1 aromatic heterocycles. The second-order valence-corrected chi connectivity index (χ2v) is 8.44. The van der Waals surface area contributed by atoms with Crippen LogP contribution in [0.5, 0.6) is 0 Å². The molecule has 0 bridgehead atoms. The number of fused-ring (bicyclic) bond motifs is 1. The van der Waals surface area contributed by atoms with Crippen LogP contribution in [0.2, 0.25) is 0 Å². The highest BCUT2D eigenvalue weighted by atomic mass is 35.5. The third-order valence-electron chi connectivity index (χ3n) is 6.72. The van der Waals surface area contributed by atoms with Gasteiger partial charge in [0.1, 0.15) is 5.82 Å². The van der Waals surface area contributed by atoms with E-state index >= 15 is 0 Å². The van der Waals surface area contributed by atoms with Crippen LogP contribution < -0.4 is 10.2 Å². The van der Waals surface area contributed by atoms with Crippen molar-refractivity contribution in [2.45, 2.75) is 57.4 Å². The molecule has 4 rings (SSSR count). The van der Waals surface area contributed by atoms with Crippen LogP contribution in [0.15, 0.2) is 12.1 Å². The SMILES string of the molecule is COC(=O)CC[C@H]1CC[C@H](N2CCN(c3ccc4c(n3)CCNCC4)C2=O)CC1.Cl. The molecule has 0 atom stereocenters. The molecule has 1 aromatic rings. The first kappa shape index (κ1) is 22.8. The van der Waals surface area contributed by atoms with Gasteiger partial charge in [0.2, 0.25) is 0 Å². The Labute approximate surface area is 184 Å². The van der Waals surface area contributed by atoms with Crippen molar-refractivity contribution in [1.82, 2.24) is 15.2 Å². The molecule has 2 amide bonds. The largest absolute Gasteiger partial charge is 0.469 e. The van der Waals surface area contributed by atoms with E-state index in [1.807, 2.05) is 15.9 Å². The topological polar surface area (TPSA) is 74.8 Å². The average molecular weight is 437 g/mol. The number of nitrogens with zero attached hydrogens (tertiary/aromatic N) is 3. The maximum atomic E-state index is 13.1. The highest BCUT2D eigenvalue weighted by Crippen LogP contribution is 2.33. The molecule has 30 heavy (non-hydrogen) atoms. The first-order chi connectivity index (χ1) is 14.2. The molecule has 2 aliphatic heterocycles. The molecule has 166 valence electrons. The van der Waals surface area contributed by atoms with E-state index < -0.39 is 0 Å². The monoisotopic (exact) mass is 436 g/mol. The predicted molar refractivity (Wildman–Crippen MR) is 118 cm³/mol. The van der Waals surface area contributed by atoms with Gasteiger partial charge in [-0.15, -0.1) is 12.4 Å². The number of esters is 1. The standard InChI is InChI=1S/C22H32N4O3.ClH/c1-29-21(27)9-4-16-2-6-18(7-3-16)25-14-15-26(22(25)28)20-8-5-17-10-12-23-13-11-19(17)24-20;/h5,8,16,18,23H,2-4,6-7,9-15H2,1H3;1H/t16-,18-;. The summed E-state index contributed by atoms with van der Waals surface area (Å²) in [6.07, 6.45) is 7.52. The van der Waals surface area contributed by atoms with E-state index in [2.05, 4.69) is 11.4 Å². The van der Waals surface area contributed by atoms with Gasteiger partial charge in [-0.05, 0) is 62.6 Å². The molecular weight excluding hydrogens is 404 g/mol. The summed E-state index contributed by atoms with van der Waals surface area (Å²) in [6, 6.07) is 4.57. The lowest BCUT2D eigenvalue weighted by Crippen LogP contribution is -2.41. The Morgan fingerprint density at radius 2 is 1.93 bits per heavy atom. The number of urea groups is 1. The van der Waals surface area contributed by atoms with Crippen molar-refractivity contribution in [3.8, 4) is 0 Å². The van der Waals surface area contributed by atoms with Gasteiger partial charge in [-0.1, -0.05) is 6.07 Å². The molecule has 3 aliphatic rings. The van der Waals surface area contributed by atoms with Crippen molar-refractivity contribution in [2.24, 2.45) is 5.92 Å². The summed E-state index contributed by atoms with van der Waals surface area (Å²) in [5.74, 6) is 1.24. The maximum Gasteiger partial charge on any atom is 0.326 e. The number of halogens is 1. The number of ether oxygens (including phenoxy) is 1. The molecule has 0 radical (unpaired) electrons. The summed E-state index contributed by atoms with van der Waals surface area (Å²) in [5.41, 5.74) is 2.43. The Kier molecular flexibility index (Phi) is 7.94. The molecule has 0 unspecified atom stereocenters. The normalized spacial score (nSPS) is 24.1. The zero-order valence-electron chi connectivity index (χ0n) is 17.8. The number of amides is 2. The van der Waals surface area contributed by atoms with Crippen molar-refractivity contribution in [1.29, 1.82) is 0 Å². The Bertz CT molecular complexity index is 752. The average Bonchev–Trinajstić information content (AvgIpc) is 2.98. The molecule has 8 heteroatoms. The summed E-state index contributed by atoms with van der Waals surface area (Å²) in [5, 5.41) is 3.41. The fourth-order valence-corrected chi connectivity index (χ4v) is 4.94. The highest BCUT2D eigenvalue weighted by molar-refractivity contribution is 5.93. The Balaban J connectivity index is 0.00000256. The van der Waals surface area contributed by atoms with Crippen LogP contribution >= 0.6 is 12.4 Å². The molecule has 0 spiro atoms. The number of rotatable bonds is 5. The molecule has 3 heterocycles. The van der Waals surface area contributed by atoms with Gasteiger partial charge in [0.15, 0.2) is 0 Å². The summed E-state index contributed by atoms with van der Waals surface area (Å²) < 4.78 is 4.75. The summed E-state index contributed by atoms with van der Waals surface area (Å²) in [6.45, 7) is 3.43. The Morgan fingerprint density at radius 1 is 1.17 bits per heavy atom. The summed E-state index contributed by atoms with van der Waals surface area (Å²) in [7, 11) is 1.44. The fourth-order valence-electron chi connectivity index (χ4n) is 4.94. The highest BCUT2D eigenvalue weighted by Gasteiger charge is 2.37. The maximum absolute atomic E-state index is 13.1. The van der Waals surface area contributed by atoms with Crippen LogP contribution in [0.3, 0.4) is 0 Å². The van der Waals surface area contributed by atoms with Gasteiger partial charge in [0.05, 0.1) is 7.11 Å². The van der Waals surface area contributed by atoms with Gasteiger partial charge in [-0.3, -0.25) is 9.69 Å². The third-order valence-corrected chi connectivity index (χ3v) is 6.72. The number of carbonyl (C=O) groups is 2. The minimum Gasteiger partial charge on any atom is -0.469 e. The summed E-state index contributed by atoms with van der Waals surface area (Å²) >= 11 is 0. The molecule has 2 fully saturated rings. The van der Waals surface area contributed by atoms with Crippen molar-refractivity contribution in [3.05, 3.63) is 23.4 Å². The predicted octanol–water partition coefficient (Wildman–Crippen LogP) is 2.95. The van der Waals surface area contributed by atoms with E-state index in [-0.39, 0.29) is 24.4 Å². The van der Waals surface area contributed by atoms with Crippen LogP contribution in [0.25, 0.3) is 0 Å². The van der Waals surface area contributed by atoms with Crippen molar-refractivity contribution >= 4 is 30.2 Å². The number of anilines is 1. The lowest BCUT2D eigenvalue weighted by molar-refractivity contribution is -0.141. The molecule has 7 nitrogen and oxygen atoms in total. The van der Waals surface area contributed by atoms with Gasteiger partial charge in [0.25, 0.3) is 0 Å². The molecule has 1 saturated heterocycles. The quantitative estimate of drug-likeness (QED) is 0.718. The van der Waals surface area contributed by atoms with Crippen LogP contribution in [-0.2, 0) is 22.4 Å². The molecule has 1 N–H and O–H groups in total.